The summed E-state index contributed by atoms with van der Waals surface area (Å²) in [7, 11) is 0. The zero-order valence-corrected chi connectivity index (χ0v) is 19.6. The maximum Gasteiger partial charge on any atom is 0.296 e. The molecule has 1 aliphatic heterocycles. The van der Waals surface area contributed by atoms with Gasteiger partial charge in [0.2, 0.25) is 11.6 Å². The third-order valence-corrected chi connectivity index (χ3v) is 6.69. The van der Waals surface area contributed by atoms with Gasteiger partial charge in [-0.05, 0) is 43.2 Å². The maximum absolute atomic E-state index is 13.5. The van der Waals surface area contributed by atoms with Crippen LogP contribution in [-0.4, -0.2) is 70.0 Å². The number of benzene rings is 1. The molecule has 1 aliphatic rings. The summed E-state index contributed by atoms with van der Waals surface area (Å²) in [6.07, 6.45) is 2.69. The number of carbonyl (C=O) groups is 1. The lowest BCUT2D eigenvalue weighted by Crippen LogP contribution is -2.50. The lowest BCUT2D eigenvalue weighted by Gasteiger charge is -2.38. The van der Waals surface area contributed by atoms with E-state index in [4.69, 9.17) is 0 Å². The van der Waals surface area contributed by atoms with E-state index in [2.05, 4.69) is 15.2 Å². The Labute approximate surface area is 208 Å². The maximum atomic E-state index is 13.5. The number of imidazole rings is 1. The van der Waals surface area contributed by atoms with Crippen molar-refractivity contribution in [2.75, 3.05) is 13.1 Å². The van der Waals surface area contributed by atoms with Crippen LogP contribution in [0.5, 0.6) is 0 Å². The molecule has 0 radical (unpaired) electrons. The summed E-state index contributed by atoms with van der Waals surface area (Å²) in [5.74, 6) is -0.838. The molecule has 1 aromatic carbocycles. The smallest absolute Gasteiger partial charge is 0.296 e. The molecule has 1 N–H and O–H groups in total. The quantitative estimate of drug-likeness (QED) is 0.404. The molecule has 1 unspecified atom stereocenters. The Morgan fingerprint density at radius 1 is 1.14 bits per heavy atom. The number of hydrogen-bond donors (Lipinski definition) is 1. The first-order valence-corrected chi connectivity index (χ1v) is 11.7. The lowest BCUT2D eigenvalue weighted by atomic mass is 9.91. The van der Waals surface area contributed by atoms with Gasteiger partial charge in [-0.25, -0.2) is 22.7 Å². The molecule has 13 heteroatoms. The number of aliphatic hydroxyl groups is 1. The van der Waals surface area contributed by atoms with Crippen molar-refractivity contribution in [3.63, 3.8) is 0 Å². The van der Waals surface area contributed by atoms with E-state index in [1.807, 2.05) is 0 Å². The average Bonchev–Trinajstić information content (AvgIpc) is 3.56. The van der Waals surface area contributed by atoms with Gasteiger partial charge >= 0.3 is 0 Å². The number of amides is 1. The molecule has 1 fully saturated rings. The van der Waals surface area contributed by atoms with Gasteiger partial charge in [0.25, 0.3) is 12.0 Å². The van der Waals surface area contributed by atoms with Crippen molar-refractivity contribution in [2.45, 2.75) is 43.9 Å². The van der Waals surface area contributed by atoms with Gasteiger partial charge in [-0.1, -0.05) is 0 Å². The van der Waals surface area contributed by atoms with Gasteiger partial charge in [-0.15, -0.1) is 0 Å². The van der Waals surface area contributed by atoms with Gasteiger partial charge in [0.05, 0.1) is 30.5 Å². The minimum Gasteiger partial charge on any atom is -0.388 e. The molecule has 1 amide bonds. The van der Waals surface area contributed by atoms with Gasteiger partial charge < -0.3 is 10.0 Å². The second kappa shape index (κ2) is 9.81. The van der Waals surface area contributed by atoms with Crippen LogP contribution in [-0.2, 0) is 11.3 Å². The highest BCUT2D eigenvalue weighted by Gasteiger charge is 2.36. The number of likely N-dealkylation sites (tertiary alicyclic amines) is 1. The van der Waals surface area contributed by atoms with Crippen LogP contribution < -0.4 is 5.56 Å². The highest BCUT2D eigenvalue weighted by atomic mass is 19.3. The van der Waals surface area contributed by atoms with Crippen molar-refractivity contribution in [1.29, 1.82) is 0 Å². The Bertz CT molecular complexity index is 1440. The standard InChI is InChI=1S/C24H24F3N7O3/c25-17-4-2-16(3-5-17)19-13-28-22-23(36)32(15-30-34(19)22)14-24(37)6-10-31(11-7-24)20(35)12-18(21(26)27)33-9-1-8-29-33/h1-5,8-9,13,15,18,21,37H,6-7,10-12,14H2. The molecule has 0 spiro atoms. The minimum atomic E-state index is -2.76. The second-order valence-electron chi connectivity index (χ2n) is 9.15. The molecule has 0 aliphatic carbocycles. The molecule has 0 saturated carbocycles. The van der Waals surface area contributed by atoms with E-state index in [1.54, 1.807) is 12.1 Å². The van der Waals surface area contributed by atoms with Crippen molar-refractivity contribution in [1.82, 2.24) is 33.8 Å². The van der Waals surface area contributed by atoms with Crippen LogP contribution in [0.1, 0.15) is 25.3 Å². The predicted molar refractivity (Wildman–Crippen MR) is 125 cm³/mol. The zero-order chi connectivity index (χ0) is 26.2. The predicted octanol–water partition coefficient (Wildman–Crippen LogP) is 2.14. The molecule has 3 aromatic heterocycles. The normalized spacial score (nSPS) is 16.4. The summed E-state index contributed by atoms with van der Waals surface area (Å²) >= 11 is 0. The second-order valence-corrected chi connectivity index (χ2v) is 9.15. The number of alkyl halides is 2. The van der Waals surface area contributed by atoms with E-state index in [0.717, 1.165) is 4.68 Å². The molecule has 0 bridgehead atoms. The minimum absolute atomic E-state index is 0.0506. The molecule has 4 heterocycles. The van der Waals surface area contributed by atoms with Crippen LogP contribution in [0.3, 0.4) is 0 Å². The van der Waals surface area contributed by atoms with Gasteiger partial charge in [0.1, 0.15) is 18.2 Å². The average molecular weight is 515 g/mol. The van der Waals surface area contributed by atoms with Crippen molar-refractivity contribution in [3.8, 4) is 11.3 Å². The van der Waals surface area contributed by atoms with Crippen molar-refractivity contribution in [2.24, 2.45) is 0 Å². The molecule has 1 saturated heterocycles. The third kappa shape index (κ3) is 4.99. The Kier molecular flexibility index (Phi) is 6.54. The molecule has 5 rings (SSSR count). The highest BCUT2D eigenvalue weighted by molar-refractivity contribution is 5.76. The molecule has 37 heavy (non-hydrogen) atoms. The topological polar surface area (TPSA) is 111 Å². The van der Waals surface area contributed by atoms with Crippen molar-refractivity contribution >= 4 is 11.6 Å². The largest absolute Gasteiger partial charge is 0.388 e. The van der Waals surface area contributed by atoms with E-state index in [9.17, 15) is 27.9 Å². The van der Waals surface area contributed by atoms with E-state index in [1.165, 1.54) is 57.1 Å². The molecular weight excluding hydrogens is 491 g/mol. The Morgan fingerprint density at radius 3 is 2.51 bits per heavy atom. The number of halogens is 3. The molecule has 4 aromatic rings. The van der Waals surface area contributed by atoms with Gasteiger partial charge in [-0.2, -0.15) is 10.2 Å². The fraction of sp³-hybridized carbons (Fsp3) is 0.375. The summed E-state index contributed by atoms with van der Waals surface area (Å²) in [5, 5.41) is 19.2. The summed E-state index contributed by atoms with van der Waals surface area (Å²) in [6.45, 7) is 0.253. The summed E-state index contributed by atoms with van der Waals surface area (Å²) in [5.41, 5.74) is -0.557. The van der Waals surface area contributed by atoms with E-state index >= 15 is 0 Å². The molecule has 1 atom stereocenters. The number of fused-ring (bicyclic) bond motifs is 1. The van der Waals surface area contributed by atoms with Gasteiger partial charge in [0.15, 0.2) is 0 Å². The van der Waals surface area contributed by atoms with E-state index in [-0.39, 0.29) is 43.9 Å². The number of carbonyl (C=O) groups excluding carboxylic acids is 1. The van der Waals surface area contributed by atoms with E-state index < -0.39 is 36.0 Å². The third-order valence-electron chi connectivity index (χ3n) is 6.69. The lowest BCUT2D eigenvalue weighted by molar-refractivity contribution is -0.138. The first-order valence-electron chi connectivity index (χ1n) is 11.7. The van der Waals surface area contributed by atoms with Crippen LogP contribution >= 0.6 is 0 Å². The summed E-state index contributed by atoms with van der Waals surface area (Å²) < 4.78 is 43.9. The molecular formula is C24H24F3N7O3. The Hall–Kier alpha value is -4.00. The summed E-state index contributed by atoms with van der Waals surface area (Å²) in [6, 6.07) is 5.86. The molecule has 194 valence electrons. The monoisotopic (exact) mass is 515 g/mol. The number of piperidine rings is 1. The summed E-state index contributed by atoms with van der Waals surface area (Å²) in [4.78, 5) is 31.3. The van der Waals surface area contributed by atoms with Crippen LogP contribution in [0.4, 0.5) is 13.2 Å². The van der Waals surface area contributed by atoms with Gasteiger partial charge in [0, 0.05) is 31.0 Å². The van der Waals surface area contributed by atoms with Crippen LogP contribution in [0.15, 0.2) is 60.0 Å². The molecule has 10 nitrogen and oxygen atoms in total. The Balaban J connectivity index is 1.26. The first kappa shape index (κ1) is 24.7. The fourth-order valence-electron chi connectivity index (χ4n) is 4.56. The highest BCUT2D eigenvalue weighted by Crippen LogP contribution is 2.27. The van der Waals surface area contributed by atoms with Crippen LogP contribution in [0, 0.1) is 5.82 Å². The first-order chi connectivity index (χ1) is 17.7. The number of rotatable bonds is 7. The van der Waals surface area contributed by atoms with E-state index in [0.29, 0.717) is 11.3 Å². The van der Waals surface area contributed by atoms with Crippen molar-refractivity contribution in [3.05, 3.63) is 71.4 Å². The Morgan fingerprint density at radius 2 is 1.86 bits per heavy atom. The number of nitrogens with zero attached hydrogens (tertiary/aromatic N) is 7. The number of hydrogen-bond acceptors (Lipinski definition) is 6. The van der Waals surface area contributed by atoms with Crippen LogP contribution in [0.2, 0.25) is 0 Å². The SMILES string of the molecule is O=C(CC(C(F)F)n1cccn1)N1CCC(O)(Cn2cnn3c(-c4ccc(F)cc4)cnc3c2=O)CC1. The fourth-order valence-corrected chi connectivity index (χ4v) is 4.56. The number of aromatic nitrogens is 6. The zero-order valence-electron chi connectivity index (χ0n) is 19.6. The van der Waals surface area contributed by atoms with Crippen molar-refractivity contribution < 1.29 is 23.1 Å². The van der Waals surface area contributed by atoms with Gasteiger partial charge in [-0.3, -0.25) is 18.8 Å². The van der Waals surface area contributed by atoms with Crippen LogP contribution in [0.25, 0.3) is 16.9 Å².